The summed E-state index contributed by atoms with van der Waals surface area (Å²) in [6.07, 6.45) is 1.85. The summed E-state index contributed by atoms with van der Waals surface area (Å²) in [6.45, 7) is 0. The van der Waals surface area contributed by atoms with Gasteiger partial charge in [-0.25, -0.2) is 9.97 Å². The summed E-state index contributed by atoms with van der Waals surface area (Å²) in [5.41, 5.74) is 7.91. The van der Waals surface area contributed by atoms with Gasteiger partial charge in [0.1, 0.15) is 17.1 Å². The van der Waals surface area contributed by atoms with E-state index in [1.165, 1.54) is 0 Å². The van der Waals surface area contributed by atoms with Crippen LogP contribution in [0.15, 0.2) is 164 Å². The fraction of sp³-hybridized carbons (Fsp3) is 0. The van der Waals surface area contributed by atoms with E-state index in [2.05, 4.69) is 47.0 Å². The number of para-hydroxylation sites is 1. The maximum absolute atomic E-state index is 11.5. The number of hydrogen-bond donors (Lipinski definition) is 1. The Hall–Kier alpha value is -6.03. The van der Waals surface area contributed by atoms with Crippen molar-refractivity contribution in [3.8, 4) is 56.6 Å². The van der Waals surface area contributed by atoms with Crippen LogP contribution in [0.2, 0.25) is 0 Å². The number of rotatable bonds is 6. The van der Waals surface area contributed by atoms with Gasteiger partial charge in [-0.2, -0.15) is 6.07 Å². The van der Waals surface area contributed by atoms with Crippen LogP contribution in [0, 0.1) is 6.07 Å². The molecule has 0 radical (unpaired) electrons. The number of nitrogens with zero attached hydrogens (tertiary/aromatic N) is 3. The third-order valence-electron chi connectivity index (χ3n) is 8.94. The van der Waals surface area contributed by atoms with Gasteiger partial charge >= 0.3 is 0 Å². The SMILES string of the molecule is Oc1c(-c2ccccc2)ccc2cc(-c3ccccc3)c(Oc3[c-]c4c(cc3)c3ccccc3n4-c3cc(-c4ccccc4)ccn3)nc12.[Pt]. The van der Waals surface area contributed by atoms with Gasteiger partial charge < -0.3 is 14.4 Å². The standard InChI is InChI=1S/C44H28N3O2.Pt/c48-43-35(30-14-6-2-7-15-30)22-20-33-26-38(31-16-8-3-9-17-31)44(46-42(33)43)49-34-21-23-37-36-18-10-11-19-39(36)47(40(37)28-34)41-27-32(24-25-45-41)29-12-4-1-5-13-29;/h1-27,48H;/q-1;. The Morgan fingerprint density at radius 2 is 1.24 bits per heavy atom. The molecule has 0 unspecified atom stereocenters. The number of phenols is 1. The molecule has 242 valence electrons. The van der Waals surface area contributed by atoms with Crippen molar-refractivity contribution in [2.45, 2.75) is 0 Å². The first-order valence-electron chi connectivity index (χ1n) is 16.1. The number of benzene rings is 6. The van der Waals surface area contributed by atoms with E-state index < -0.39 is 0 Å². The Morgan fingerprint density at radius 1 is 0.580 bits per heavy atom. The van der Waals surface area contributed by atoms with Crippen LogP contribution in [0.1, 0.15) is 0 Å². The number of phenolic OH excluding ortho intramolecular Hbond substituents is 1. The van der Waals surface area contributed by atoms with Gasteiger partial charge in [0, 0.05) is 55.0 Å². The molecule has 0 fully saturated rings. The molecule has 6 heteroatoms. The first kappa shape index (κ1) is 31.2. The number of ether oxygens (including phenoxy) is 1. The van der Waals surface area contributed by atoms with Crippen molar-refractivity contribution >= 4 is 32.7 Å². The normalized spacial score (nSPS) is 11.1. The van der Waals surface area contributed by atoms with Gasteiger partial charge in [0.15, 0.2) is 0 Å². The molecule has 0 spiro atoms. The molecule has 0 aliphatic carbocycles. The summed E-state index contributed by atoms with van der Waals surface area (Å²) in [6, 6.07) is 56.1. The van der Waals surface area contributed by atoms with E-state index in [9.17, 15) is 5.11 Å². The Labute approximate surface area is 303 Å². The molecule has 0 saturated carbocycles. The van der Waals surface area contributed by atoms with Gasteiger partial charge in [-0.3, -0.25) is 0 Å². The zero-order valence-corrected chi connectivity index (χ0v) is 28.9. The third-order valence-corrected chi connectivity index (χ3v) is 8.94. The minimum Gasteiger partial charge on any atom is -0.505 e. The summed E-state index contributed by atoms with van der Waals surface area (Å²) in [5, 5.41) is 14.5. The minimum atomic E-state index is 0. The van der Waals surface area contributed by atoms with E-state index in [1.54, 1.807) is 0 Å². The summed E-state index contributed by atoms with van der Waals surface area (Å²) in [7, 11) is 0. The first-order chi connectivity index (χ1) is 24.2. The Morgan fingerprint density at radius 3 is 1.98 bits per heavy atom. The molecule has 0 saturated heterocycles. The molecule has 0 amide bonds. The molecule has 9 rings (SSSR count). The van der Waals surface area contributed by atoms with Gasteiger partial charge in [-0.1, -0.05) is 121 Å². The number of aromatic hydroxyl groups is 1. The molecule has 3 heterocycles. The van der Waals surface area contributed by atoms with Crippen molar-refractivity contribution in [1.82, 2.24) is 14.5 Å². The molecule has 1 N–H and O–H groups in total. The predicted octanol–water partition coefficient (Wildman–Crippen LogP) is 11.0. The summed E-state index contributed by atoms with van der Waals surface area (Å²) in [4.78, 5) is 9.78. The van der Waals surface area contributed by atoms with Crippen LogP contribution in [0.4, 0.5) is 0 Å². The van der Waals surface area contributed by atoms with Crippen molar-refractivity contribution in [3.63, 3.8) is 0 Å². The zero-order valence-electron chi connectivity index (χ0n) is 26.6. The number of aromatic nitrogens is 3. The quantitative estimate of drug-likeness (QED) is 0.170. The second-order valence-electron chi connectivity index (χ2n) is 11.9. The van der Waals surface area contributed by atoms with Crippen molar-refractivity contribution < 1.29 is 30.9 Å². The van der Waals surface area contributed by atoms with Gasteiger partial charge in [0.25, 0.3) is 0 Å². The molecule has 0 bridgehead atoms. The monoisotopic (exact) mass is 825 g/mol. The Bertz CT molecular complexity index is 2640. The van der Waals surface area contributed by atoms with E-state index in [-0.39, 0.29) is 26.8 Å². The van der Waals surface area contributed by atoms with Gasteiger partial charge in [-0.05, 0) is 58.0 Å². The third kappa shape index (κ3) is 5.52. The molecular weight excluding hydrogens is 798 g/mol. The summed E-state index contributed by atoms with van der Waals surface area (Å²) in [5.74, 6) is 1.77. The van der Waals surface area contributed by atoms with Gasteiger partial charge in [-0.15, -0.1) is 17.5 Å². The second-order valence-corrected chi connectivity index (χ2v) is 11.9. The Balaban J connectivity index is 0.00000361. The van der Waals surface area contributed by atoms with Crippen molar-refractivity contribution in [3.05, 3.63) is 170 Å². The van der Waals surface area contributed by atoms with E-state index >= 15 is 0 Å². The zero-order chi connectivity index (χ0) is 32.7. The maximum Gasteiger partial charge on any atom is 0.225 e. The van der Waals surface area contributed by atoms with Crippen LogP contribution in [-0.4, -0.2) is 19.6 Å². The average Bonchev–Trinajstić information content (AvgIpc) is 3.50. The van der Waals surface area contributed by atoms with Crippen LogP contribution >= 0.6 is 0 Å². The van der Waals surface area contributed by atoms with E-state index in [0.717, 1.165) is 60.8 Å². The molecule has 3 aromatic heterocycles. The fourth-order valence-corrected chi connectivity index (χ4v) is 6.59. The maximum atomic E-state index is 11.5. The van der Waals surface area contributed by atoms with Crippen molar-refractivity contribution in [2.75, 3.05) is 0 Å². The average molecular weight is 826 g/mol. The topological polar surface area (TPSA) is 60.2 Å². The molecule has 9 aromatic rings. The molecule has 0 atom stereocenters. The first-order valence-corrected chi connectivity index (χ1v) is 16.1. The van der Waals surface area contributed by atoms with E-state index in [4.69, 9.17) is 14.7 Å². The molecule has 0 aliphatic heterocycles. The largest absolute Gasteiger partial charge is 0.505 e. The van der Waals surface area contributed by atoms with E-state index in [1.807, 2.05) is 128 Å². The molecule has 5 nitrogen and oxygen atoms in total. The van der Waals surface area contributed by atoms with Gasteiger partial charge in [0.2, 0.25) is 5.88 Å². The van der Waals surface area contributed by atoms with Crippen LogP contribution in [0.3, 0.4) is 0 Å². The van der Waals surface area contributed by atoms with Crippen molar-refractivity contribution in [1.29, 1.82) is 0 Å². The van der Waals surface area contributed by atoms with Crippen LogP contribution in [0.5, 0.6) is 17.4 Å². The minimum absolute atomic E-state index is 0. The molecular formula is C44H28N3O2Pt-. The second kappa shape index (κ2) is 13.1. The molecule has 50 heavy (non-hydrogen) atoms. The predicted molar refractivity (Wildman–Crippen MR) is 197 cm³/mol. The molecule has 6 aromatic carbocycles. The molecule has 0 aliphatic rings. The summed E-state index contributed by atoms with van der Waals surface area (Å²) >= 11 is 0. The van der Waals surface area contributed by atoms with Crippen LogP contribution in [-0.2, 0) is 21.1 Å². The number of fused-ring (bicyclic) bond motifs is 4. The van der Waals surface area contributed by atoms with Crippen molar-refractivity contribution in [2.24, 2.45) is 0 Å². The number of hydrogen-bond acceptors (Lipinski definition) is 4. The van der Waals surface area contributed by atoms with Gasteiger partial charge in [0.05, 0.1) is 0 Å². The summed E-state index contributed by atoms with van der Waals surface area (Å²) < 4.78 is 8.78. The number of pyridine rings is 2. The fourth-order valence-electron chi connectivity index (χ4n) is 6.59. The Kier molecular flexibility index (Phi) is 8.20. The van der Waals surface area contributed by atoms with Crippen LogP contribution < -0.4 is 4.74 Å². The van der Waals surface area contributed by atoms with E-state index in [0.29, 0.717) is 22.7 Å². The van der Waals surface area contributed by atoms with Crippen LogP contribution in [0.25, 0.3) is 71.9 Å². The smallest absolute Gasteiger partial charge is 0.225 e.